The molecule has 2 N–H and O–H groups in total. The molecule has 0 aliphatic carbocycles. The van der Waals surface area contributed by atoms with Crippen molar-refractivity contribution in [3.8, 4) is 11.5 Å². The number of hydrogen-bond donors (Lipinski definition) is 2. The Balaban J connectivity index is 1.42. The molecule has 3 aromatic rings. The van der Waals surface area contributed by atoms with Crippen LogP contribution in [0.25, 0.3) is 0 Å². The second-order valence-corrected chi connectivity index (χ2v) is 6.77. The average molecular weight is 411 g/mol. The smallest absolute Gasteiger partial charge is 0.243 e. The number of methoxy groups -OCH3 is 1. The van der Waals surface area contributed by atoms with E-state index >= 15 is 0 Å². The molecule has 0 spiro atoms. The van der Waals surface area contributed by atoms with Crippen LogP contribution < -0.4 is 20.1 Å². The Kier molecular flexibility index (Phi) is 7.36. The second-order valence-electron chi connectivity index (χ2n) is 6.36. The highest BCUT2D eigenvalue weighted by Crippen LogP contribution is 2.27. The van der Waals surface area contributed by atoms with Crippen molar-refractivity contribution in [2.45, 2.75) is 6.42 Å². The molecule has 150 valence electrons. The van der Waals surface area contributed by atoms with Crippen LogP contribution in [0.5, 0.6) is 11.5 Å². The van der Waals surface area contributed by atoms with Crippen molar-refractivity contribution in [2.75, 3.05) is 30.9 Å². The van der Waals surface area contributed by atoms with Gasteiger partial charge in [0.15, 0.2) is 0 Å². The van der Waals surface area contributed by atoms with Gasteiger partial charge in [-0.1, -0.05) is 41.9 Å². The zero-order valence-corrected chi connectivity index (χ0v) is 16.9. The molecule has 0 unspecified atom stereocenters. The summed E-state index contributed by atoms with van der Waals surface area (Å²) in [7, 11) is 1.54. The third-order valence-electron chi connectivity index (χ3n) is 4.25. The number of rotatable bonds is 9. The largest absolute Gasteiger partial charge is 0.495 e. The Morgan fingerprint density at radius 1 is 0.966 bits per heavy atom. The Morgan fingerprint density at radius 3 is 2.38 bits per heavy atom. The van der Waals surface area contributed by atoms with E-state index in [1.807, 2.05) is 42.5 Å². The number of carbonyl (C=O) groups excluding carboxylic acids is 1. The number of halogens is 1. The van der Waals surface area contributed by atoms with Gasteiger partial charge in [0, 0.05) is 17.8 Å². The highest BCUT2D eigenvalue weighted by molar-refractivity contribution is 6.32. The molecule has 3 aromatic carbocycles. The minimum Gasteiger partial charge on any atom is -0.495 e. The first-order valence-electron chi connectivity index (χ1n) is 9.28. The van der Waals surface area contributed by atoms with Crippen LogP contribution in [0.2, 0.25) is 5.02 Å². The van der Waals surface area contributed by atoms with Crippen LogP contribution in [0.1, 0.15) is 5.56 Å². The number of amides is 1. The van der Waals surface area contributed by atoms with Gasteiger partial charge in [-0.25, -0.2) is 0 Å². The predicted molar refractivity (Wildman–Crippen MR) is 117 cm³/mol. The molecule has 0 aromatic heterocycles. The van der Waals surface area contributed by atoms with Crippen molar-refractivity contribution >= 4 is 28.9 Å². The molecule has 0 bridgehead atoms. The van der Waals surface area contributed by atoms with Crippen molar-refractivity contribution in [3.63, 3.8) is 0 Å². The number of nitrogens with one attached hydrogen (secondary N) is 2. The van der Waals surface area contributed by atoms with E-state index < -0.39 is 0 Å². The first-order chi connectivity index (χ1) is 14.1. The molecule has 0 fully saturated rings. The molecular formula is C23H23ClN2O3. The van der Waals surface area contributed by atoms with E-state index in [0.717, 1.165) is 17.9 Å². The van der Waals surface area contributed by atoms with Gasteiger partial charge in [0.05, 0.1) is 25.3 Å². The van der Waals surface area contributed by atoms with E-state index in [-0.39, 0.29) is 12.5 Å². The van der Waals surface area contributed by atoms with Gasteiger partial charge < -0.3 is 20.1 Å². The summed E-state index contributed by atoms with van der Waals surface area (Å²) in [6, 6.07) is 22.9. The monoisotopic (exact) mass is 410 g/mol. The van der Waals surface area contributed by atoms with Crippen LogP contribution >= 0.6 is 11.6 Å². The Labute approximate surface area is 175 Å². The summed E-state index contributed by atoms with van der Waals surface area (Å²) >= 11 is 6.07. The highest BCUT2D eigenvalue weighted by Gasteiger charge is 2.06. The van der Waals surface area contributed by atoms with E-state index in [2.05, 4.69) is 22.8 Å². The third-order valence-corrected chi connectivity index (χ3v) is 4.54. The third kappa shape index (κ3) is 6.43. The summed E-state index contributed by atoms with van der Waals surface area (Å²) in [4.78, 5) is 12.1. The van der Waals surface area contributed by atoms with Gasteiger partial charge in [-0.15, -0.1) is 0 Å². The summed E-state index contributed by atoms with van der Waals surface area (Å²) in [6.07, 6.45) is 0.858. The van der Waals surface area contributed by atoms with Crippen LogP contribution in [0.3, 0.4) is 0 Å². The lowest BCUT2D eigenvalue weighted by Gasteiger charge is -2.10. The summed E-state index contributed by atoms with van der Waals surface area (Å²) in [5.41, 5.74) is 2.70. The minimum absolute atomic E-state index is 0.137. The lowest BCUT2D eigenvalue weighted by atomic mass is 10.2. The van der Waals surface area contributed by atoms with Crippen LogP contribution in [0.15, 0.2) is 72.8 Å². The van der Waals surface area contributed by atoms with Crippen molar-refractivity contribution < 1.29 is 14.3 Å². The summed E-state index contributed by atoms with van der Waals surface area (Å²) in [5, 5.41) is 6.32. The molecular weight excluding hydrogens is 388 g/mol. The van der Waals surface area contributed by atoms with Crippen LogP contribution in [-0.2, 0) is 11.2 Å². The topological polar surface area (TPSA) is 59.6 Å². The Morgan fingerprint density at radius 2 is 1.69 bits per heavy atom. The molecule has 0 saturated carbocycles. The quantitative estimate of drug-likeness (QED) is 0.520. The standard InChI is InChI=1S/C23H23ClN2O3/c1-28-22-12-9-19(15-21(22)24)26-23(27)16-25-18-7-10-20(11-8-18)29-14-13-17-5-3-2-4-6-17/h2-12,15,25H,13-14,16H2,1H3,(H,26,27). The lowest BCUT2D eigenvalue weighted by Crippen LogP contribution is -2.21. The van der Waals surface area contributed by atoms with Gasteiger partial charge in [-0.3, -0.25) is 4.79 Å². The number of hydrogen-bond acceptors (Lipinski definition) is 4. The van der Waals surface area contributed by atoms with Gasteiger partial charge in [0.2, 0.25) is 5.91 Å². The fourth-order valence-electron chi connectivity index (χ4n) is 2.73. The van der Waals surface area contributed by atoms with Crippen molar-refractivity contribution in [3.05, 3.63) is 83.4 Å². The average Bonchev–Trinajstić information content (AvgIpc) is 2.74. The molecule has 0 aliphatic rings. The van der Waals surface area contributed by atoms with Crippen molar-refractivity contribution in [2.24, 2.45) is 0 Å². The molecule has 0 saturated heterocycles. The molecule has 0 atom stereocenters. The highest BCUT2D eigenvalue weighted by atomic mass is 35.5. The molecule has 0 aliphatic heterocycles. The first-order valence-corrected chi connectivity index (χ1v) is 9.66. The van der Waals surface area contributed by atoms with E-state index in [0.29, 0.717) is 23.1 Å². The zero-order chi connectivity index (χ0) is 20.5. The summed E-state index contributed by atoms with van der Waals surface area (Å²) in [5.74, 6) is 1.19. The second kappa shape index (κ2) is 10.4. The Bertz CT molecular complexity index is 931. The van der Waals surface area contributed by atoms with Gasteiger partial charge >= 0.3 is 0 Å². The Hall–Kier alpha value is -3.18. The maximum absolute atomic E-state index is 12.1. The molecule has 29 heavy (non-hydrogen) atoms. The summed E-state index contributed by atoms with van der Waals surface area (Å²) < 4.78 is 10.9. The molecule has 3 rings (SSSR count). The molecule has 0 heterocycles. The fraction of sp³-hybridized carbons (Fsp3) is 0.174. The maximum Gasteiger partial charge on any atom is 0.243 e. The van der Waals surface area contributed by atoms with E-state index in [9.17, 15) is 4.79 Å². The predicted octanol–water partition coefficient (Wildman–Crippen LogP) is 5.02. The normalized spacial score (nSPS) is 10.3. The minimum atomic E-state index is -0.172. The van der Waals surface area contributed by atoms with Gasteiger partial charge in [-0.05, 0) is 48.0 Å². The number of anilines is 2. The molecule has 5 nitrogen and oxygen atoms in total. The lowest BCUT2D eigenvalue weighted by molar-refractivity contribution is -0.114. The van der Waals surface area contributed by atoms with E-state index in [1.165, 1.54) is 5.56 Å². The summed E-state index contributed by atoms with van der Waals surface area (Å²) in [6.45, 7) is 0.751. The SMILES string of the molecule is COc1ccc(NC(=O)CNc2ccc(OCCc3ccccc3)cc2)cc1Cl. The van der Waals surface area contributed by atoms with Crippen LogP contribution in [0, 0.1) is 0 Å². The van der Waals surface area contributed by atoms with E-state index in [4.69, 9.17) is 21.1 Å². The maximum atomic E-state index is 12.1. The zero-order valence-electron chi connectivity index (χ0n) is 16.2. The number of benzene rings is 3. The van der Waals surface area contributed by atoms with Gasteiger partial charge in [0.1, 0.15) is 11.5 Å². The van der Waals surface area contributed by atoms with Gasteiger partial charge in [-0.2, -0.15) is 0 Å². The molecule has 1 amide bonds. The molecule has 6 heteroatoms. The van der Waals surface area contributed by atoms with E-state index in [1.54, 1.807) is 25.3 Å². The van der Waals surface area contributed by atoms with Gasteiger partial charge in [0.25, 0.3) is 0 Å². The first kappa shape index (κ1) is 20.6. The van der Waals surface area contributed by atoms with Crippen LogP contribution in [0.4, 0.5) is 11.4 Å². The van der Waals surface area contributed by atoms with Crippen LogP contribution in [-0.4, -0.2) is 26.2 Å². The molecule has 0 radical (unpaired) electrons. The number of carbonyl (C=O) groups is 1. The fourth-order valence-corrected chi connectivity index (χ4v) is 2.99. The van der Waals surface area contributed by atoms with Crippen molar-refractivity contribution in [1.82, 2.24) is 0 Å². The van der Waals surface area contributed by atoms with Crippen molar-refractivity contribution in [1.29, 1.82) is 0 Å². The number of ether oxygens (including phenoxy) is 2.